The van der Waals surface area contributed by atoms with Crippen LogP contribution < -0.4 is 9.62 Å². The van der Waals surface area contributed by atoms with Crippen LogP contribution in [-0.4, -0.2) is 44.8 Å². The van der Waals surface area contributed by atoms with Gasteiger partial charge in [0.15, 0.2) is 5.82 Å². The summed E-state index contributed by atoms with van der Waals surface area (Å²) in [7, 11) is -1.27. The normalized spacial score (nSPS) is 14.1. The van der Waals surface area contributed by atoms with Crippen LogP contribution in [0.25, 0.3) is 11.4 Å². The lowest BCUT2D eigenvalue weighted by molar-refractivity contribution is 0.587. The van der Waals surface area contributed by atoms with E-state index in [0.717, 1.165) is 49.0 Å². The molecule has 0 spiro atoms. The average Bonchev–Trinajstić information content (AvgIpc) is 2.59. The molecule has 0 amide bonds. The van der Waals surface area contributed by atoms with Crippen molar-refractivity contribution in [2.24, 2.45) is 0 Å². The van der Waals surface area contributed by atoms with Gasteiger partial charge in [0.05, 0.1) is 6.26 Å². The molecule has 0 aliphatic heterocycles. The zero-order chi connectivity index (χ0) is 18.7. The smallest absolute Gasteiger partial charge is 0.208 e. The first kappa shape index (κ1) is 19.1. The van der Waals surface area contributed by atoms with Crippen molar-refractivity contribution in [1.29, 1.82) is 0 Å². The Morgan fingerprint density at radius 2 is 2.00 bits per heavy atom. The topological polar surface area (TPSA) is 75.2 Å². The second-order valence-electron chi connectivity index (χ2n) is 6.60. The molecule has 1 N–H and O–H groups in total. The maximum atomic E-state index is 11.3. The van der Waals surface area contributed by atoms with Gasteiger partial charge < -0.3 is 4.90 Å². The van der Waals surface area contributed by atoms with Crippen molar-refractivity contribution in [1.82, 2.24) is 14.7 Å². The van der Waals surface area contributed by atoms with Gasteiger partial charge in [-0.15, -0.1) is 0 Å². The van der Waals surface area contributed by atoms with Crippen molar-refractivity contribution in [2.75, 3.05) is 31.3 Å². The molecule has 1 heterocycles. The third-order valence-corrected chi connectivity index (χ3v) is 5.38. The Hall–Kier alpha value is -1.70. The van der Waals surface area contributed by atoms with Crippen LogP contribution >= 0.6 is 11.6 Å². The number of rotatable bonds is 6. The summed E-state index contributed by atoms with van der Waals surface area (Å²) in [5.74, 6) is 1.53. The summed E-state index contributed by atoms with van der Waals surface area (Å²) in [5.41, 5.74) is 3.14. The lowest BCUT2D eigenvalue weighted by Crippen LogP contribution is -2.33. The first-order chi connectivity index (χ1) is 12.3. The summed E-state index contributed by atoms with van der Waals surface area (Å²) >= 11 is 6.12. The molecule has 1 aliphatic carbocycles. The van der Waals surface area contributed by atoms with Gasteiger partial charge in [-0.25, -0.2) is 23.1 Å². The van der Waals surface area contributed by atoms with E-state index in [9.17, 15) is 8.42 Å². The number of likely N-dealkylation sites (N-methyl/N-ethyl adjacent to an activating group) is 1. The minimum absolute atomic E-state index is 0.334. The van der Waals surface area contributed by atoms with Crippen molar-refractivity contribution < 1.29 is 8.42 Å². The standard InChI is InChI=1S/C18H23ClN4O2S/c1-23(11-10-20-26(2,24)25)18-15-8-3-4-9-16(15)21-17(22-18)13-6-5-7-14(19)12-13/h5-7,12,20H,3-4,8-11H2,1-2H3. The highest BCUT2D eigenvalue weighted by Gasteiger charge is 2.21. The SMILES string of the molecule is CN(CCNS(C)(=O)=O)c1nc(-c2cccc(Cl)c2)nc2c1CCCC2. The van der Waals surface area contributed by atoms with E-state index in [4.69, 9.17) is 21.6 Å². The minimum atomic E-state index is -3.20. The molecule has 2 aromatic rings. The van der Waals surface area contributed by atoms with Crippen LogP contribution in [0, 0.1) is 0 Å². The van der Waals surface area contributed by atoms with Crippen LogP contribution in [0.3, 0.4) is 0 Å². The van der Waals surface area contributed by atoms with Gasteiger partial charge in [-0.2, -0.15) is 0 Å². The van der Waals surface area contributed by atoms with Crippen LogP contribution in [0.2, 0.25) is 5.02 Å². The predicted molar refractivity (Wildman–Crippen MR) is 105 cm³/mol. The van der Waals surface area contributed by atoms with Gasteiger partial charge in [-0.05, 0) is 37.8 Å². The lowest BCUT2D eigenvalue weighted by atomic mass is 9.96. The molecule has 140 valence electrons. The number of hydrogen-bond donors (Lipinski definition) is 1. The molecule has 1 aliphatic rings. The van der Waals surface area contributed by atoms with Gasteiger partial charge >= 0.3 is 0 Å². The number of fused-ring (bicyclic) bond motifs is 1. The summed E-state index contributed by atoms with van der Waals surface area (Å²) < 4.78 is 25.1. The first-order valence-electron chi connectivity index (χ1n) is 8.65. The van der Waals surface area contributed by atoms with Crippen molar-refractivity contribution in [3.05, 3.63) is 40.5 Å². The van der Waals surface area contributed by atoms with Gasteiger partial charge in [-0.1, -0.05) is 23.7 Å². The molecule has 0 unspecified atom stereocenters. The maximum Gasteiger partial charge on any atom is 0.208 e. The molecule has 6 nitrogen and oxygen atoms in total. The second-order valence-corrected chi connectivity index (χ2v) is 8.87. The molecule has 0 radical (unpaired) electrons. The Balaban J connectivity index is 1.93. The summed E-state index contributed by atoms with van der Waals surface area (Å²) in [6, 6.07) is 7.53. The molecular formula is C18H23ClN4O2S. The Labute approximate surface area is 159 Å². The fourth-order valence-corrected chi connectivity index (χ4v) is 3.80. The van der Waals surface area contributed by atoms with Gasteiger partial charge in [-0.3, -0.25) is 0 Å². The molecule has 0 fully saturated rings. The Bertz CT molecular complexity index is 902. The number of aromatic nitrogens is 2. The summed E-state index contributed by atoms with van der Waals surface area (Å²) in [4.78, 5) is 11.6. The summed E-state index contributed by atoms with van der Waals surface area (Å²) in [6.45, 7) is 0.867. The van der Waals surface area contributed by atoms with Crippen LogP contribution in [0.1, 0.15) is 24.1 Å². The van der Waals surface area contributed by atoms with E-state index in [0.29, 0.717) is 23.9 Å². The highest BCUT2D eigenvalue weighted by molar-refractivity contribution is 7.88. The van der Waals surface area contributed by atoms with E-state index in [2.05, 4.69) is 4.72 Å². The molecule has 0 atom stereocenters. The number of halogens is 1. The van der Waals surface area contributed by atoms with Gasteiger partial charge in [0.2, 0.25) is 10.0 Å². The zero-order valence-electron chi connectivity index (χ0n) is 15.0. The highest BCUT2D eigenvalue weighted by atomic mass is 35.5. The lowest BCUT2D eigenvalue weighted by Gasteiger charge is -2.25. The molecule has 0 saturated carbocycles. The zero-order valence-corrected chi connectivity index (χ0v) is 16.6. The highest BCUT2D eigenvalue weighted by Crippen LogP contribution is 2.30. The number of sulfonamides is 1. The first-order valence-corrected chi connectivity index (χ1v) is 10.9. The number of benzene rings is 1. The summed E-state index contributed by atoms with van der Waals surface area (Å²) in [5, 5.41) is 0.649. The molecule has 0 saturated heterocycles. The molecule has 0 bridgehead atoms. The fourth-order valence-electron chi connectivity index (χ4n) is 3.15. The third kappa shape index (κ3) is 4.72. The second kappa shape index (κ2) is 7.90. The number of anilines is 1. The number of aryl methyl sites for hydroxylation is 1. The van der Waals surface area contributed by atoms with Crippen LogP contribution in [-0.2, 0) is 22.9 Å². The van der Waals surface area contributed by atoms with E-state index in [1.807, 2.05) is 36.2 Å². The monoisotopic (exact) mass is 394 g/mol. The van der Waals surface area contributed by atoms with Crippen molar-refractivity contribution >= 4 is 27.4 Å². The largest absolute Gasteiger partial charge is 0.358 e. The van der Waals surface area contributed by atoms with Gasteiger partial charge in [0.25, 0.3) is 0 Å². The van der Waals surface area contributed by atoms with Crippen LogP contribution in [0.15, 0.2) is 24.3 Å². The van der Waals surface area contributed by atoms with E-state index >= 15 is 0 Å². The molecular weight excluding hydrogens is 372 g/mol. The fraction of sp³-hybridized carbons (Fsp3) is 0.444. The predicted octanol–water partition coefficient (Wildman–Crippen LogP) is 2.66. The van der Waals surface area contributed by atoms with E-state index in [-0.39, 0.29) is 0 Å². The minimum Gasteiger partial charge on any atom is -0.358 e. The molecule has 1 aromatic carbocycles. The number of hydrogen-bond acceptors (Lipinski definition) is 5. The van der Waals surface area contributed by atoms with Crippen LogP contribution in [0.4, 0.5) is 5.82 Å². The van der Waals surface area contributed by atoms with Crippen LogP contribution in [0.5, 0.6) is 0 Å². The van der Waals surface area contributed by atoms with Crippen molar-refractivity contribution in [2.45, 2.75) is 25.7 Å². The Kier molecular flexibility index (Phi) is 5.79. The maximum absolute atomic E-state index is 11.3. The Morgan fingerprint density at radius 1 is 1.23 bits per heavy atom. The van der Waals surface area contributed by atoms with Crippen molar-refractivity contribution in [3.8, 4) is 11.4 Å². The third-order valence-electron chi connectivity index (χ3n) is 4.42. The summed E-state index contributed by atoms with van der Waals surface area (Å²) in [6.07, 6.45) is 5.29. The molecule has 1 aromatic heterocycles. The Morgan fingerprint density at radius 3 is 2.73 bits per heavy atom. The quantitative estimate of drug-likeness (QED) is 0.815. The molecule has 3 rings (SSSR count). The molecule has 26 heavy (non-hydrogen) atoms. The van der Waals surface area contributed by atoms with Gasteiger partial charge in [0.1, 0.15) is 5.82 Å². The van der Waals surface area contributed by atoms with Crippen molar-refractivity contribution in [3.63, 3.8) is 0 Å². The molecule has 8 heteroatoms. The van der Waals surface area contributed by atoms with E-state index < -0.39 is 10.0 Å². The number of nitrogens with zero attached hydrogens (tertiary/aromatic N) is 3. The van der Waals surface area contributed by atoms with E-state index in [1.54, 1.807) is 0 Å². The number of nitrogens with one attached hydrogen (secondary N) is 1. The van der Waals surface area contributed by atoms with Gasteiger partial charge in [0, 0.05) is 42.0 Å². The average molecular weight is 395 g/mol. The van der Waals surface area contributed by atoms with E-state index in [1.165, 1.54) is 5.56 Å².